The number of nitrogens with two attached hydrogens (primary N) is 1. The summed E-state index contributed by atoms with van der Waals surface area (Å²) in [5, 5.41) is 0. The highest BCUT2D eigenvalue weighted by Gasteiger charge is 2.34. The van der Waals surface area contributed by atoms with E-state index in [0.29, 0.717) is 11.6 Å². The quantitative estimate of drug-likeness (QED) is 0.873. The zero-order chi connectivity index (χ0) is 15.8. The van der Waals surface area contributed by atoms with Crippen molar-refractivity contribution in [1.29, 1.82) is 0 Å². The molecule has 2 atom stereocenters. The van der Waals surface area contributed by atoms with Crippen LogP contribution < -0.4 is 5.73 Å². The molecule has 0 spiro atoms. The number of nitrogens with zero attached hydrogens (tertiary/aromatic N) is 1. The van der Waals surface area contributed by atoms with Crippen LogP contribution in [0.25, 0.3) is 0 Å². The van der Waals surface area contributed by atoms with Gasteiger partial charge < -0.3 is 5.73 Å². The zero-order valence-electron chi connectivity index (χ0n) is 13.4. The average Bonchev–Trinajstić information content (AvgIpc) is 2.42. The predicted octanol–water partition coefficient (Wildman–Crippen LogP) is 3.08. The SMILES string of the molecule is Cc1cc(N)c(S(=O)(=O)N(C)C2CCCCC2C)cc1C. The van der Waals surface area contributed by atoms with E-state index in [2.05, 4.69) is 6.92 Å². The second-order valence-electron chi connectivity index (χ2n) is 6.32. The van der Waals surface area contributed by atoms with E-state index in [0.717, 1.165) is 30.4 Å². The zero-order valence-corrected chi connectivity index (χ0v) is 14.2. The summed E-state index contributed by atoms with van der Waals surface area (Å²) in [6.07, 6.45) is 4.31. The van der Waals surface area contributed by atoms with E-state index in [1.54, 1.807) is 19.2 Å². The van der Waals surface area contributed by atoms with Crippen molar-refractivity contribution in [2.45, 2.75) is 57.4 Å². The smallest absolute Gasteiger partial charge is 0.245 e. The van der Waals surface area contributed by atoms with Gasteiger partial charge in [-0.05, 0) is 55.9 Å². The molecule has 1 aromatic rings. The van der Waals surface area contributed by atoms with Crippen LogP contribution in [-0.2, 0) is 10.0 Å². The van der Waals surface area contributed by atoms with E-state index in [-0.39, 0.29) is 10.9 Å². The molecule has 0 radical (unpaired) electrons. The van der Waals surface area contributed by atoms with Gasteiger partial charge in [-0.2, -0.15) is 4.31 Å². The second-order valence-corrected chi connectivity index (χ2v) is 8.29. The molecule has 118 valence electrons. The first-order chi connectivity index (χ1) is 9.75. The van der Waals surface area contributed by atoms with Crippen LogP contribution in [0.3, 0.4) is 0 Å². The summed E-state index contributed by atoms with van der Waals surface area (Å²) < 4.78 is 27.4. The molecule has 0 heterocycles. The Morgan fingerprint density at radius 2 is 1.71 bits per heavy atom. The third-order valence-corrected chi connectivity index (χ3v) is 6.75. The summed E-state index contributed by atoms with van der Waals surface area (Å²) in [5.74, 6) is 0.395. The van der Waals surface area contributed by atoms with Crippen LogP contribution >= 0.6 is 0 Å². The Labute approximate surface area is 128 Å². The van der Waals surface area contributed by atoms with Crippen LogP contribution in [0.15, 0.2) is 17.0 Å². The first-order valence-corrected chi connectivity index (χ1v) is 9.04. The maximum absolute atomic E-state index is 12.9. The lowest BCUT2D eigenvalue weighted by Gasteiger charge is -2.35. The Bertz CT molecular complexity index is 625. The van der Waals surface area contributed by atoms with Gasteiger partial charge in [0, 0.05) is 13.1 Å². The summed E-state index contributed by atoms with van der Waals surface area (Å²) in [6, 6.07) is 3.52. The van der Waals surface area contributed by atoms with Crippen LogP contribution in [0.1, 0.15) is 43.7 Å². The lowest BCUT2D eigenvalue weighted by molar-refractivity contribution is 0.213. The van der Waals surface area contributed by atoms with Crippen LogP contribution in [0.2, 0.25) is 0 Å². The number of aryl methyl sites for hydroxylation is 2. The molecule has 2 rings (SSSR count). The van der Waals surface area contributed by atoms with E-state index < -0.39 is 10.0 Å². The molecule has 0 amide bonds. The molecular formula is C16H26N2O2S. The minimum atomic E-state index is -3.53. The van der Waals surface area contributed by atoms with Gasteiger partial charge in [0.1, 0.15) is 4.90 Å². The third kappa shape index (κ3) is 3.09. The van der Waals surface area contributed by atoms with Crippen LogP contribution in [0.4, 0.5) is 5.69 Å². The third-order valence-electron chi connectivity index (χ3n) is 4.82. The predicted molar refractivity (Wildman–Crippen MR) is 86.7 cm³/mol. The lowest BCUT2D eigenvalue weighted by Crippen LogP contribution is -2.42. The van der Waals surface area contributed by atoms with Gasteiger partial charge in [-0.3, -0.25) is 0 Å². The number of sulfonamides is 1. The number of hydrogen-bond donors (Lipinski definition) is 1. The van der Waals surface area contributed by atoms with Crippen molar-refractivity contribution in [1.82, 2.24) is 4.31 Å². The molecule has 21 heavy (non-hydrogen) atoms. The van der Waals surface area contributed by atoms with Crippen LogP contribution in [-0.4, -0.2) is 25.8 Å². The summed E-state index contributed by atoms with van der Waals surface area (Å²) in [5.41, 5.74) is 8.28. The minimum absolute atomic E-state index is 0.0739. The van der Waals surface area contributed by atoms with Gasteiger partial charge in [-0.1, -0.05) is 19.8 Å². The Balaban J connectivity index is 2.39. The number of nitrogen functional groups attached to an aromatic ring is 1. The standard InChI is InChI=1S/C16H26N2O2S/c1-11-7-5-6-8-15(11)18(4)21(19,20)16-10-13(3)12(2)9-14(16)17/h9-11,15H,5-8,17H2,1-4H3. The number of benzene rings is 1. The van der Waals surface area contributed by atoms with Gasteiger partial charge in [0.15, 0.2) is 0 Å². The van der Waals surface area contributed by atoms with Gasteiger partial charge in [-0.25, -0.2) is 8.42 Å². The van der Waals surface area contributed by atoms with Crippen molar-refractivity contribution >= 4 is 15.7 Å². The molecule has 1 saturated carbocycles. The maximum atomic E-state index is 12.9. The summed E-state index contributed by atoms with van der Waals surface area (Å²) >= 11 is 0. The van der Waals surface area contributed by atoms with Crippen molar-refractivity contribution < 1.29 is 8.42 Å². The molecular weight excluding hydrogens is 284 g/mol. The van der Waals surface area contributed by atoms with Gasteiger partial charge in [0.25, 0.3) is 0 Å². The fourth-order valence-corrected chi connectivity index (χ4v) is 4.87. The molecule has 4 nitrogen and oxygen atoms in total. The van der Waals surface area contributed by atoms with E-state index in [1.165, 1.54) is 10.7 Å². The molecule has 2 N–H and O–H groups in total. The summed E-state index contributed by atoms with van der Waals surface area (Å²) in [6.45, 7) is 5.99. The number of rotatable bonds is 3. The van der Waals surface area contributed by atoms with Crippen molar-refractivity contribution in [3.63, 3.8) is 0 Å². The monoisotopic (exact) mass is 310 g/mol. The normalized spacial score (nSPS) is 23.5. The molecule has 1 aliphatic carbocycles. The minimum Gasteiger partial charge on any atom is -0.398 e. The largest absolute Gasteiger partial charge is 0.398 e. The highest BCUT2D eigenvalue weighted by Crippen LogP contribution is 2.32. The fraction of sp³-hybridized carbons (Fsp3) is 0.625. The Morgan fingerprint density at radius 1 is 1.14 bits per heavy atom. The van der Waals surface area contributed by atoms with Gasteiger partial charge in [0.2, 0.25) is 10.0 Å². The molecule has 0 saturated heterocycles. The van der Waals surface area contributed by atoms with E-state index in [4.69, 9.17) is 5.73 Å². The molecule has 0 aromatic heterocycles. The molecule has 1 aromatic carbocycles. The van der Waals surface area contributed by atoms with Crippen molar-refractivity contribution in [3.05, 3.63) is 23.3 Å². The number of hydrogen-bond acceptors (Lipinski definition) is 3. The van der Waals surface area contributed by atoms with Crippen molar-refractivity contribution in [2.75, 3.05) is 12.8 Å². The van der Waals surface area contributed by atoms with E-state index in [9.17, 15) is 8.42 Å². The van der Waals surface area contributed by atoms with Crippen LogP contribution in [0, 0.1) is 19.8 Å². The first kappa shape index (κ1) is 16.3. The molecule has 2 unspecified atom stereocenters. The van der Waals surface area contributed by atoms with E-state index >= 15 is 0 Å². The fourth-order valence-electron chi connectivity index (χ4n) is 3.21. The number of anilines is 1. The Kier molecular flexibility index (Phi) is 4.63. The summed E-state index contributed by atoms with van der Waals surface area (Å²) in [7, 11) is -1.84. The molecule has 1 aliphatic rings. The molecule has 0 aliphatic heterocycles. The first-order valence-electron chi connectivity index (χ1n) is 7.60. The van der Waals surface area contributed by atoms with Gasteiger partial charge in [-0.15, -0.1) is 0 Å². The maximum Gasteiger partial charge on any atom is 0.245 e. The molecule has 0 bridgehead atoms. The van der Waals surface area contributed by atoms with Crippen molar-refractivity contribution in [3.8, 4) is 0 Å². The topological polar surface area (TPSA) is 63.4 Å². The second kappa shape index (κ2) is 5.97. The average molecular weight is 310 g/mol. The highest BCUT2D eigenvalue weighted by atomic mass is 32.2. The van der Waals surface area contributed by atoms with E-state index in [1.807, 2.05) is 13.8 Å². The summed E-state index contributed by atoms with van der Waals surface area (Å²) in [4.78, 5) is 0.242. The van der Waals surface area contributed by atoms with Crippen LogP contribution in [0.5, 0.6) is 0 Å². The van der Waals surface area contributed by atoms with Gasteiger partial charge >= 0.3 is 0 Å². The van der Waals surface area contributed by atoms with Crippen molar-refractivity contribution in [2.24, 2.45) is 5.92 Å². The molecule has 5 heteroatoms. The Morgan fingerprint density at radius 3 is 2.33 bits per heavy atom. The highest BCUT2D eigenvalue weighted by molar-refractivity contribution is 7.89. The lowest BCUT2D eigenvalue weighted by atomic mass is 9.86. The Hall–Kier alpha value is -1.07. The molecule has 1 fully saturated rings. The van der Waals surface area contributed by atoms with Gasteiger partial charge in [0.05, 0.1) is 5.69 Å².